The Bertz CT molecular complexity index is 646. The summed E-state index contributed by atoms with van der Waals surface area (Å²) in [5, 5.41) is 14.8. The lowest BCUT2D eigenvalue weighted by Crippen LogP contribution is -2.21. The summed E-state index contributed by atoms with van der Waals surface area (Å²) in [5.74, 6) is -1.18. The molecule has 0 aliphatic rings. The van der Waals surface area contributed by atoms with Gasteiger partial charge in [-0.15, -0.1) is 0 Å². The molecule has 0 fully saturated rings. The summed E-state index contributed by atoms with van der Waals surface area (Å²) in [6.07, 6.45) is 1.75. The number of carbonyl (C=O) groups excluding carboxylic acids is 1. The van der Waals surface area contributed by atoms with Gasteiger partial charge in [-0.1, -0.05) is 35.9 Å². The van der Waals surface area contributed by atoms with E-state index in [0.29, 0.717) is 0 Å². The van der Waals surface area contributed by atoms with Crippen LogP contribution in [0, 0.1) is 13.8 Å². The van der Waals surface area contributed by atoms with Crippen molar-refractivity contribution in [2.45, 2.75) is 13.8 Å². The minimum absolute atomic E-state index is 0.147. The fraction of sp³-hybridized carbons (Fsp3) is 0.125. The van der Waals surface area contributed by atoms with Gasteiger partial charge in [0.15, 0.2) is 0 Å². The Kier molecular flexibility index (Phi) is 4.15. The van der Waals surface area contributed by atoms with Gasteiger partial charge in [-0.2, -0.15) is 5.10 Å². The molecule has 0 amide bonds. The number of nitrogens with one attached hydrogen (secondary N) is 1. The molecule has 0 atom stereocenters. The Balaban J connectivity index is 2.06. The largest absolute Gasteiger partial charge is 0.545 e. The fourth-order valence-electron chi connectivity index (χ4n) is 1.76. The third kappa shape index (κ3) is 3.45. The van der Waals surface area contributed by atoms with E-state index in [1.807, 2.05) is 19.9 Å². The standard InChI is InChI=1S/C16H16N2O2/c1-11-3-4-12(2)14(9-11)10-17-18-15-7-5-13(6-8-15)16(19)20/h3-10,18H,1-2H3,(H,19,20)/p-1/b17-10-. The maximum atomic E-state index is 10.6. The average molecular weight is 267 g/mol. The van der Waals surface area contributed by atoms with Crippen LogP contribution in [0.2, 0.25) is 0 Å². The quantitative estimate of drug-likeness (QED) is 0.681. The van der Waals surface area contributed by atoms with E-state index in [-0.39, 0.29) is 5.56 Å². The second-order valence-electron chi connectivity index (χ2n) is 4.59. The number of anilines is 1. The van der Waals surface area contributed by atoms with Gasteiger partial charge in [0.1, 0.15) is 0 Å². The van der Waals surface area contributed by atoms with Gasteiger partial charge in [-0.25, -0.2) is 0 Å². The van der Waals surface area contributed by atoms with Crippen molar-refractivity contribution < 1.29 is 9.90 Å². The summed E-state index contributed by atoms with van der Waals surface area (Å²) >= 11 is 0. The molecule has 0 aliphatic heterocycles. The van der Waals surface area contributed by atoms with E-state index in [1.54, 1.807) is 18.3 Å². The van der Waals surface area contributed by atoms with Crippen LogP contribution in [0.5, 0.6) is 0 Å². The Morgan fingerprint density at radius 2 is 1.85 bits per heavy atom. The highest BCUT2D eigenvalue weighted by Gasteiger charge is 1.96. The molecule has 0 aliphatic carbocycles. The number of hydrogen-bond donors (Lipinski definition) is 1. The zero-order chi connectivity index (χ0) is 14.5. The third-order valence-electron chi connectivity index (χ3n) is 2.95. The SMILES string of the molecule is Cc1ccc(C)c(/C=N\Nc2ccc(C(=O)[O-])cc2)c1. The topological polar surface area (TPSA) is 64.5 Å². The summed E-state index contributed by atoms with van der Waals surface area (Å²) in [6, 6.07) is 12.4. The Morgan fingerprint density at radius 3 is 2.50 bits per heavy atom. The zero-order valence-corrected chi connectivity index (χ0v) is 11.4. The van der Waals surface area contributed by atoms with Crippen LogP contribution >= 0.6 is 0 Å². The number of benzene rings is 2. The molecule has 20 heavy (non-hydrogen) atoms. The third-order valence-corrected chi connectivity index (χ3v) is 2.95. The number of aromatic carboxylic acids is 1. The van der Waals surface area contributed by atoms with E-state index >= 15 is 0 Å². The maximum Gasteiger partial charge on any atom is 0.0715 e. The highest BCUT2D eigenvalue weighted by Crippen LogP contribution is 2.10. The van der Waals surface area contributed by atoms with Crippen LogP contribution in [0.4, 0.5) is 5.69 Å². The molecule has 0 spiro atoms. The second-order valence-corrected chi connectivity index (χ2v) is 4.59. The lowest BCUT2D eigenvalue weighted by molar-refractivity contribution is -0.255. The van der Waals surface area contributed by atoms with E-state index in [0.717, 1.165) is 16.8 Å². The molecule has 1 N–H and O–H groups in total. The second kappa shape index (κ2) is 6.02. The van der Waals surface area contributed by atoms with E-state index in [1.165, 1.54) is 17.7 Å². The van der Waals surface area contributed by atoms with Crippen molar-refractivity contribution in [3.8, 4) is 0 Å². The number of rotatable bonds is 4. The highest BCUT2D eigenvalue weighted by atomic mass is 16.4. The molecular weight excluding hydrogens is 252 g/mol. The molecule has 2 rings (SSSR count). The molecule has 0 radical (unpaired) electrons. The number of aryl methyl sites for hydroxylation is 2. The van der Waals surface area contributed by atoms with Crippen LogP contribution in [0.3, 0.4) is 0 Å². The summed E-state index contributed by atoms with van der Waals surface area (Å²) in [5.41, 5.74) is 7.10. The molecule has 0 bridgehead atoms. The first-order valence-corrected chi connectivity index (χ1v) is 6.24. The molecule has 0 aromatic heterocycles. The molecule has 4 nitrogen and oxygen atoms in total. The number of carboxylic acid groups (broad SMARTS) is 1. The minimum atomic E-state index is -1.18. The average Bonchev–Trinajstić information content (AvgIpc) is 2.43. The molecular formula is C16H15N2O2-. The van der Waals surface area contributed by atoms with Gasteiger partial charge in [0.2, 0.25) is 0 Å². The van der Waals surface area contributed by atoms with Crippen molar-refractivity contribution in [2.75, 3.05) is 5.43 Å². The van der Waals surface area contributed by atoms with E-state index < -0.39 is 5.97 Å². The van der Waals surface area contributed by atoms with Gasteiger partial charge >= 0.3 is 0 Å². The number of hydrazone groups is 1. The number of carboxylic acids is 1. The molecule has 2 aromatic carbocycles. The van der Waals surface area contributed by atoms with Gasteiger partial charge in [0.05, 0.1) is 17.9 Å². The molecule has 102 valence electrons. The summed E-state index contributed by atoms with van der Waals surface area (Å²) < 4.78 is 0. The summed E-state index contributed by atoms with van der Waals surface area (Å²) in [4.78, 5) is 10.6. The van der Waals surface area contributed by atoms with Crippen molar-refractivity contribution in [2.24, 2.45) is 5.10 Å². The van der Waals surface area contributed by atoms with Gasteiger partial charge in [-0.3, -0.25) is 5.43 Å². The van der Waals surface area contributed by atoms with Crippen molar-refractivity contribution >= 4 is 17.9 Å². The first-order chi connectivity index (χ1) is 9.56. The number of carbonyl (C=O) groups is 1. The molecule has 0 heterocycles. The van der Waals surface area contributed by atoms with Crippen LogP contribution in [-0.4, -0.2) is 12.2 Å². The lowest BCUT2D eigenvalue weighted by atomic mass is 10.1. The predicted molar refractivity (Wildman–Crippen MR) is 77.9 cm³/mol. The van der Waals surface area contributed by atoms with Crippen LogP contribution in [0.15, 0.2) is 47.6 Å². The molecule has 4 heteroatoms. The molecule has 0 saturated carbocycles. The number of hydrogen-bond acceptors (Lipinski definition) is 4. The number of nitrogens with zero attached hydrogens (tertiary/aromatic N) is 1. The normalized spacial score (nSPS) is 10.7. The highest BCUT2D eigenvalue weighted by molar-refractivity contribution is 5.86. The van der Waals surface area contributed by atoms with Gasteiger partial charge in [-0.05, 0) is 42.7 Å². The Hall–Kier alpha value is -2.62. The van der Waals surface area contributed by atoms with Crippen LogP contribution < -0.4 is 10.5 Å². The molecule has 0 unspecified atom stereocenters. The van der Waals surface area contributed by atoms with Crippen LogP contribution in [0.1, 0.15) is 27.0 Å². The lowest BCUT2D eigenvalue weighted by Gasteiger charge is -2.05. The first-order valence-electron chi connectivity index (χ1n) is 6.24. The van der Waals surface area contributed by atoms with Gasteiger partial charge in [0.25, 0.3) is 0 Å². The summed E-state index contributed by atoms with van der Waals surface area (Å²) in [7, 11) is 0. The Labute approximate surface area is 117 Å². The molecule has 0 saturated heterocycles. The maximum absolute atomic E-state index is 10.6. The molecule has 2 aromatic rings. The first kappa shape index (κ1) is 13.8. The Morgan fingerprint density at radius 1 is 1.15 bits per heavy atom. The smallest absolute Gasteiger partial charge is 0.0715 e. The van der Waals surface area contributed by atoms with E-state index in [4.69, 9.17) is 0 Å². The van der Waals surface area contributed by atoms with Crippen LogP contribution in [-0.2, 0) is 0 Å². The summed E-state index contributed by atoms with van der Waals surface area (Å²) in [6.45, 7) is 4.05. The van der Waals surface area contributed by atoms with Crippen molar-refractivity contribution in [1.82, 2.24) is 0 Å². The van der Waals surface area contributed by atoms with Crippen molar-refractivity contribution in [3.63, 3.8) is 0 Å². The van der Waals surface area contributed by atoms with Crippen molar-refractivity contribution in [1.29, 1.82) is 0 Å². The zero-order valence-electron chi connectivity index (χ0n) is 11.4. The van der Waals surface area contributed by atoms with Crippen molar-refractivity contribution in [3.05, 3.63) is 64.7 Å². The predicted octanol–water partition coefficient (Wildman–Crippen LogP) is 2.11. The van der Waals surface area contributed by atoms with E-state index in [2.05, 4.69) is 22.7 Å². The monoisotopic (exact) mass is 267 g/mol. The van der Waals surface area contributed by atoms with Gasteiger partial charge < -0.3 is 9.90 Å². The van der Waals surface area contributed by atoms with E-state index in [9.17, 15) is 9.90 Å². The van der Waals surface area contributed by atoms with Gasteiger partial charge in [0, 0.05) is 0 Å². The van der Waals surface area contributed by atoms with Crippen LogP contribution in [0.25, 0.3) is 0 Å². The fourth-order valence-corrected chi connectivity index (χ4v) is 1.76. The minimum Gasteiger partial charge on any atom is -0.545 e.